The van der Waals surface area contributed by atoms with Crippen molar-refractivity contribution in [2.24, 2.45) is 13.0 Å². The summed E-state index contributed by atoms with van der Waals surface area (Å²) in [7, 11) is 0.745. The molecule has 3 aromatic rings. The van der Waals surface area contributed by atoms with Crippen LogP contribution in [0.3, 0.4) is 0 Å². The fourth-order valence-electron chi connectivity index (χ4n) is 7.83. The molecule has 0 spiro atoms. The van der Waals surface area contributed by atoms with Gasteiger partial charge in [0.1, 0.15) is 29.6 Å². The Hall–Kier alpha value is -4.91. The van der Waals surface area contributed by atoms with E-state index >= 15 is 4.39 Å². The van der Waals surface area contributed by atoms with Crippen molar-refractivity contribution in [2.45, 2.75) is 52.5 Å². The van der Waals surface area contributed by atoms with E-state index in [1.807, 2.05) is 0 Å². The van der Waals surface area contributed by atoms with Crippen LogP contribution in [0.5, 0.6) is 0 Å². The van der Waals surface area contributed by atoms with E-state index in [2.05, 4.69) is 32.0 Å². The highest BCUT2D eigenvalue weighted by Gasteiger charge is 2.43. The minimum atomic E-state index is -4.62. The van der Waals surface area contributed by atoms with E-state index in [0.29, 0.717) is 51.7 Å². The smallest absolute Gasteiger partial charge is 0.462 e. The van der Waals surface area contributed by atoms with Gasteiger partial charge in [-0.15, -0.1) is 0 Å². The lowest BCUT2D eigenvalue weighted by atomic mass is 9.96. The van der Waals surface area contributed by atoms with Crippen molar-refractivity contribution in [3.63, 3.8) is 0 Å². The van der Waals surface area contributed by atoms with Crippen molar-refractivity contribution in [1.29, 1.82) is 0 Å². The van der Waals surface area contributed by atoms with Gasteiger partial charge in [-0.25, -0.2) is 28.6 Å². The molecule has 3 atom stereocenters. The molecular formula is C37H42FN8O7P. The fraction of sp³-hybridized carbons (Fsp3) is 0.432. The third kappa shape index (κ3) is 6.50. The molecule has 4 aliphatic rings. The molecule has 17 heteroatoms. The van der Waals surface area contributed by atoms with Gasteiger partial charge >= 0.3 is 13.8 Å². The van der Waals surface area contributed by atoms with Crippen LogP contribution in [0.1, 0.15) is 44.5 Å². The Kier molecular flexibility index (Phi) is 9.52. The third-order valence-electron chi connectivity index (χ3n) is 9.93. The number of halogens is 1. The van der Waals surface area contributed by atoms with Gasteiger partial charge in [-0.05, 0) is 59.2 Å². The van der Waals surface area contributed by atoms with Crippen LogP contribution in [-0.4, -0.2) is 86.8 Å². The van der Waals surface area contributed by atoms with Gasteiger partial charge in [0.05, 0.1) is 41.1 Å². The molecule has 1 unspecified atom stereocenters. The Balaban J connectivity index is 1.58. The first kappa shape index (κ1) is 37.4. The van der Waals surface area contributed by atoms with Gasteiger partial charge in [0.2, 0.25) is 11.1 Å². The van der Waals surface area contributed by atoms with Gasteiger partial charge in [0, 0.05) is 80.4 Å². The summed E-state index contributed by atoms with van der Waals surface area (Å²) >= 11 is 0. The average molecular weight is 761 g/mol. The van der Waals surface area contributed by atoms with Crippen LogP contribution in [0.4, 0.5) is 21.5 Å². The molecule has 6 heterocycles. The van der Waals surface area contributed by atoms with Crippen LogP contribution in [0.25, 0.3) is 49.3 Å². The number of hydrogen-bond acceptors (Lipinski definition) is 11. The van der Waals surface area contributed by atoms with Gasteiger partial charge in [-0.2, -0.15) is 0 Å². The number of rotatable bonds is 9. The van der Waals surface area contributed by atoms with Gasteiger partial charge in [0.15, 0.2) is 0 Å². The molecule has 0 bridgehead atoms. The maximum absolute atomic E-state index is 15.8. The molecule has 4 aliphatic heterocycles. The summed E-state index contributed by atoms with van der Waals surface area (Å²) in [4.78, 5) is 55.2. The largest absolute Gasteiger partial charge is 0.474 e. The van der Waals surface area contributed by atoms with E-state index in [4.69, 9.17) is 25.3 Å². The normalized spacial score (nSPS) is 18.7. The Labute approximate surface area is 311 Å². The van der Waals surface area contributed by atoms with Crippen molar-refractivity contribution in [2.75, 3.05) is 50.6 Å². The number of nitrogens with zero attached hydrogens (tertiary/aromatic N) is 7. The minimum Gasteiger partial charge on any atom is -0.462 e. The Morgan fingerprint density at radius 2 is 1.98 bits per heavy atom. The van der Waals surface area contributed by atoms with Gasteiger partial charge in [0.25, 0.3) is 0 Å². The van der Waals surface area contributed by atoms with Crippen LogP contribution < -0.4 is 15.6 Å². The minimum absolute atomic E-state index is 0.0530. The Morgan fingerprint density at radius 3 is 2.67 bits per heavy atom. The molecule has 15 nitrogen and oxygen atoms in total. The summed E-state index contributed by atoms with van der Waals surface area (Å²) in [6, 6.07) is 2.92. The number of ether oxygens (including phenoxy) is 1. The van der Waals surface area contributed by atoms with Crippen molar-refractivity contribution in [1.82, 2.24) is 24.0 Å². The van der Waals surface area contributed by atoms with Crippen molar-refractivity contribution >= 4 is 52.8 Å². The Morgan fingerprint density at radius 1 is 1.22 bits per heavy atom. The van der Waals surface area contributed by atoms with Crippen LogP contribution in [-0.2, 0) is 32.1 Å². The quantitative estimate of drug-likeness (QED) is 0.103. The molecule has 7 rings (SSSR count). The zero-order chi connectivity index (χ0) is 38.9. The molecular weight excluding hydrogens is 718 g/mol. The van der Waals surface area contributed by atoms with Crippen molar-refractivity contribution in [3.8, 4) is 22.5 Å². The van der Waals surface area contributed by atoms with E-state index in [-0.39, 0.29) is 40.5 Å². The average Bonchev–Trinajstić information content (AvgIpc) is 3.80. The van der Waals surface area contributed by atoms with Gasteiger partial charge in [-0.1, -0.05) is 0 Å². The number of anilines is 2. The number of nitrogens with one attached hydrogen (secondary N) is 1. The first-order chi connectivity index (χ1) is 25.6. The number of likely N-dealkylation sites (N-methyl/N-ethyl adjacent to an activating group) is 1. The number of hydrogen-bond donors (Lipinski definition) is 2. The highest BCUT2D eigenvalue weighted by Crippen LogP contribution is 2.53. The molecule has 2 saturated heterocycles. The van der Waals surface area contributed by atoms with E-state index in [0.717, 1.165) is 19.5 Å². The van der Waals surface area contributed by atoms with E-state index in [1.165, 1.54) is 16.8 Å². The second-order valence-corrected chi connectivity index (χ2v) is 16.1. The molecule has 284 valence electrons. The maximum Gasteiger partial charge on any atom is 0.474 e. The number of esters is 1. The van der Waals surface area contributed by atoms with E-state index in [9.17, 15) is 19.0 Å². The lowest BCUT2D eigenvalue weighted by molar-refractivity contribution is 0.0484. The van der Waals surface area contributed by atoms with Crippen LogP contribution in [0.2, 0.25) is 0 Å². The summed E-state index contributed by atoms with van der Waals surface area (Å²) in [6.45, 7) is 16.4. The summed E-state index contributed by atoms with van der Waals surface area (Å²) in [5, 5.41) is 3.42. The first-order valence-electron chi connectivity index (χ1n) is 17.6. The number of carbonyl (C=O) groups excluding carboxylic acids is 1. The Bertz CT molecular complexity index is 2450. The lowest BCUT2D eigenvalue weighted by Gasteiger charge is -2.32. The molecule has 2 fully saturated rings. The number of benzene rings is 1. The van der Waals surface area contributed by atoms with Crippen LogP contribution in [0, 0.1) is 18.3 Å². The molecule has 0 amide bonds. The standard InChI is InChI=1S/C37H42FN8O7P/c1-9-51-36(48)24-16-44(8)34-22(33(24)47)12-21(14-41-34)23-17-45(19-52-54(49,50)53-37(2,3)4)35-29(32(23)46-11-10-20-15-43(7)18-27(20)46)28-30(40-6)25(38)13-26(39-5)31(28)42-35/h12-14,16-17,20,27,39H,9-11,15,18-19H2,1-5,7-8H3,(H,49,50)/t20-,27+/m0/s1. The molecule has 0 saturated carbocycles. The van der Waals surface area contributed by atoms with E-state index in [1.54, 1.807) is 64.8 Å². The zero-order valence-electron chi connectivity index (χ0n) is 31.1. The number of fused-ring (bicyclic) bond motifs is 5. The van der Waals surface area contributed by atoms with Crippen LogP contribution >= 0.6 is 7.82 Å². The fourth-order valence-corrected chi connectivity index (χ4v) is 8.85. The summed E-state index contributed by atoms with van der Waals surface area (Å²) in [5.41, 5.74) is 1.09. The molecule has 2 aromatic heterocycles. The number of aryl methyl sites for hydroxylation is 1. The van der Waals surface area contributed by atoms with Crippen molar-refractivity contribution < 1.29 is 32.4 Å². The number of phosphoric ester groups is 1. The number of phosphoric acid groups is 1. The lowest BCUT2D eigenvalue weighted by Crippen LogP contribution is -2.35. The van der Waals surface area contributed by atoms with Crippen LogP contribution in [0.15, 0.2) is 35.5 Å². The van der Waals surface area contributed by atoms with E-state index < -0.39 is 37.4 Å². The predicted molar refractivity (Wildman–Crippen MR) is 203 cm³/mol. The number of carbonyl (C=O) groups is 1. The molecule has 2 N–H and O–H groups in total. The third-order valence-corrected chi connectivity index (χ3v) is 11.2. The second kappa shape index (κ2) is 13.7. The molecule has 54 heavy (non-hydrogen) atoms. The highest BCUT2D eigenvalue weighted by atomic mass is 31.2. The molecule has 0 radical (unpaired) electrons. The first-order valence-corrected chi connectivity index (χ1v) is 19.1. The highest BCUT2D eigenvalue weighted by molar-refractivity contribution is 7.47. The summed E-state index contributed by atoms with van der Waals surface area (Å²) in [6.07, 6.45) is 5.57. The zero-order valence-corrected chi connectivity index (χ0v) is 32.0. The number of aromatic nitrogens is 4. The number of likely N-dealkylation sites (tertiary alicyclic amines) is 1. The number of pyridine rings is 3. The van der Waals surface area contributed by atoms with Gasteiger partial charge in [-0.3, -0.25) is 13.8 Å². The SMILES string of the molecule is [C-]#[N+]c1c(F)cc(NC)c2nc3n(COP(=O)(O)OC(C)(C)C)cc(-c4cnc5c(c4)c(=O)c(C(=O)OCC)cn5C)c(N4CC[C@H]5CN(C)C[C@H]54)c-3c12. The van der Waals surface area contributed by atoms with Crippen molar-refractivity contribution in [3.05, 3.63) is 63.7 Å². The maximum atomic E-state index is 15.8. The summed E-state index contributed by atoms with van der Waals surface area (Å²) < 4.78 is 48.2. The molecule has 0 aliphatic carbocycles. The monoisotopic (exact) mass is 760 g/mol. The topological polar surface area (TPSA) is 158 Å². The van der Waals surface area contributed by atoms with Gasteiger partial charge < -0.3 is 33.9 Å². The predicted octanol–water partition coefficient (Wildman–Crippen LogP) is 5.99. The summed E-state index contributed by atoms with van der Waals surface area (Å²) in [5.74, 6) is -0.895. The second-order valence-electron chi connectivity index (χ2n) is 14.8. The molecule has 1 aromatic carbocycles.